The summed E-state index contributed by atoms with van der Waals surface area (Å²) >= 11 is 0. The summed E-state index contributed by atoms with van der Waals surface area (Å²) in [5.41, 5.74) is 0.248. The van der Waals surface area contributed by atoms with Crippen molar-refractivity contribution in [2.45, 2.75) is 50.4 Å². The van der Waals surface area contributed by atoms with E-state index in [4.69, 9.17) is 6.57 Å². The Morgan fingerprint density at radius 1 is 1.18 bits per heavy atom. The Labute approximate surface area is 223 Å². The van der Waals surface area contributed by atoms with E-state index in [1.54, 1.807) is 12.4 Å². The number of hydrogen-bond acceptors (Lipinski definition) is 4. The molecule has 39 heavy (non-hydrogen) atoms. The maximum absolute atomic E-state index is 14.2. The molecule has 3 aromatic heterocycles. The van der Waals surface area contributed by atoms with Gasteiger partial charge in [-0.25, -0.2) is 11.4 Å². The van der Waals surface area contributed by atoms with E-state index in [9.17, 15) is 18.0 Å². The van der Waals surface area contributed by atoms with Gasteiger partial charge in [0.1, 0.15) is 12.2 Å². The van der Waals surface area contributed by atoms with Crippen LogP contribution in [0.25, 0.3) is 16.0 Å². The molecule has 0 bridgehead atoms. The van der Waals surface area contributed by atoms with E-state index in [0.29, 0.717) is 36.7 Å². The van der Waals surface area contributed by atoms with Crippen LogP contribution < -0.4 is 5.69 Å². The molecule has 2 atom stereocenters. The van der Waals surface area contributed by atoms with E-state index < -0.39 is 17.4 Å². The number of hydrogen-bond donors (Lipinski definition) is 0. The minimum absolute atomic E-state index is 0.0176. The van der Waals surface area contributed by atoms with Crippen molar-refractivity contribution in [1.82, 2.24) is 28.6 Å². The summed E-state index contributed by atoms with van der Waals surface area (Å²) < 4.78 is 46.8. The summed E-state index contributed by atoms with van der Waals surface area (Å²) in [6, 6.07) is 8.41. The monoisotopic (exact) mass is 535 g/mol. The Morgan fingerprint density at radius 3 is 2.64 bits per heavy atom. The molecule has 1 aromatic carbocycles. The molecule has 1 aliphatic heterocycles. The van der Waals surface area contributed by atoms with Crippen LogP contribution in [0.1, 0.15) is 54.1 Å². The summed E-state index contributed by atoms with van der Waals surface area (Å²) in [7, 11) is 1.90. The number of fused-ring (bicyclic) bond motifs is 1. The Kier molecular flexibility index (Phi) is 6.30. The van der Waals surface area contributed by atoms with Crippen LogP contribution in [0.2, 0.25) is 0 Å². The van der Waals surface area contributed by atoms with Crippen LogP contribution in [0.15, 0.2) is 53.8 Å². The highest BCUT2D eigenvalue weighted by molar-refractivity contribution is 5.58. The molecule has 4 heterocycles. The first-order chi connectivity index (χ1) is 18.7. The van der Waals surface area contributed by atoms with E-state index in [-0.39, 0.29) is 24.0 Å². The quantitative estimate of drug-likeness (QED) is 0.337. The Morgan fingerprint density at radius 2 is 2.00 bits per heavy atom. The Hall–Kier alpha value is -3.91. The van der Waals surface area contributed by atoms with Crippen LogP contribution in [0.4, 0.5) is 13.2 Å². The molecule has 6 rings (SSSR count). The van der Waals surface area contributed by atoms with Gasteiger partial charge in [-0.05, 0) is 48.1 Å². The summed E-state index contributed by atoms with van der Waals surface area (Å²) in [6.45, 7) is 8.63. The predicted molar refractivity (Wildman–Crippen MR) is 138 cm³/mol. The standard InChI is InChI=1S/C28H28F3N7O/c1-32-21-9-10-36(15-21)13-18-11-23(28(29,30)31)24-16-37(27(39)38(24)14-18)22-8-4-7-20(12-22)25(19-5-3-6-19)26-34-33-17-35(26)2/h4,7-8,11-12,14,16-17,19,21,25H,3,5-6,9-10,13,15H2,2H3/t21-,25-/m0/s1. The van der Waals surface area contributed by atoms with Crippen LogP contribution in [0.3, 0.4) is 0 Å². The zero-order valence-electron chi connectivity index (χ0n) is 21.5. The maximum Gasteiger partial charge on any atom is 0.418 e. The van der Waals surface area contributed by atoms with Crippen molar-refractivity contribution in [2.75, 3.05) is 13.1 Å². The maximum atomic E-state index is 14.2. The summed E-state index contributed by atoms with van der Waals surface area (Å²) in [5.74, 6) is 1.20. The first-order valence-electron chi connectivity index (χ1n) is 13.1. The number of imidazole rings is 1. The van der Waals surface area contributed by atoms with Crippen LogP contribution in [0, 0.1) is 12.5 Å². The molecule has 1 aliphatic carbocycles. The van der Waals surface area contributed by atoms with Gasteiger partial charge in [-0.2, -0.15) is 13.2 Å². The average Bonchev–Trinajstić information content (AvgIpc) is 3.60. The van der Waals surface area contributed by atoms with Gasteiger partial charge < -0.3 is 9.41 Å². The molecular formula is C28H28F3N7O. The van der Waals surface area contributed by atoms with Gasteiger partial charge in [-0.15, -0.1) is 10.2 Å². The van der Waals surface area contributed by atoms with Gasteiger partial charge in [0.05, 0.1) is 23.3 Å². The molecule has 2 fully saturated rings. The SMILES string of the molecule is [C-]#[N+][C@H]1CCN(Cc2cc(C(F)(F)F)c3cn(-c4cccc([C@@H](c5nncn5C)C5CCC5)c4)c(=O)n3c2)C1. The molecule has 0 unspecified atom stereocenters. The van der Waals surface area contributed by atoms with Crippen LogP contribution in [0.5, 0.6) is 0 Å². The molecule has 0 spiro atoms. The zero-order valence-corrected chi connectivity index (χ0v) is 21.5. The fourth-order valence-electron chi connectivity index (χ4n) is 5.91. The fraction of sp³-hybridized carbons (Fsp3) is 0.429. The Bertz CT molecular complexity index is 1620. The molecule has 8 nitrogen and oxygen atoms in total. The number of aryl methyl sites for hydroxylation is 1. The van der Waals surface area contributed by atoms with E-state index in [2.05, 4.69) is 15.0 Å². The van der Waals surface area contributed by atoms with Crippen molar-refractivity contribution < 1.29 is 13.2 Å². The number of pyridine rings is 1. The lowest BCUT2D eigenvalue weighted by molar-refractivity contribution is -0.136. The van der Waals surface area contributed by atoms with E-state index in [0.717, 1.165) is 41.1 Å². The van der Waals surface area contributed by atoms with Gasteiger partial charge in [0, 0.05) is 44.9 Å². The molecule has 0 N–H and O–H groups in total. The summed E-state index contributed by atoms with van der Waals surface area (Å²) in [5, 5.41) is 8.39. The van der Waals surface area contributed by atoms with Crippen LogP contribution in [-0.2, 0) is 19.8 Å². The molecule has 1 saturated carbocycles. The number of aromatic nitrogens is 5. The minimum atomic E-state index is -4.63. The third-order valence-corrected chi connectivity index (χ3v) is 8.12. The second-order valence-corrected chi connectivity index (χ2v) is 10.7. The van der Waals surface area contributed by atoms with Crippen LogP contribution in [-0.4, -0.2) is 47.8 Å². The molecule has 0 radical (unpaired) electrons. The highest BCUT2D eigenvalue weighted by Gasteiger charge is 2.36. The number of nitrogens with zero attached hydrogens (tertiary/aromatic N) is 7. The van der Waals surface area contributed by atoms with Crippen molar-refractivity contribution in [3.63, 3.8) is 0 Å². The second kappa shape index (κ2) is 9.68. The second-order valence-electron chi connectivity index (χ2n) is 10.7. The third-order valence-electron chi connectivity index (χ3n) is 8.12. The largest absolute Gasteiger partial charge is 0.418 e. The molecule has 11 heteroatoms. The lowest BCUT2D eigenvalue weighted by Crippen LogP contribution is -2.24. The molecule has 4 aromatic rings. The molecular weight excluding hydrogens is 507 g/mol. The Balaban J connectivity index is 1.42. The van der Waals surface area contributed by atoms with E-state index >= 15 is 0 Å². The van der Waals surface area contributed by atoms with Gasteiger partial charge in [0.15, 0.2) is 0 Å². The minimum Gasteiger partial charge on any atom is -0.320 e. The van der Waals surface area contributed by atoms with Crippen LogP contribution >= 0.6 is 0 Å². The number of rotatable bonds is 6. The highest BCUT2D eigenvalue weighted by Crippen LogP contribution is 2.43. The number of alkyl halides is 3. The summed E-state index contributed by atoms with van der Waals surface area (Å²) in [6.07, 6.45) is 3.76. The predicted octanol–water partition coefficient (Wildman–Crippen LogP) is 4.66. The zero-order chi connectivity index (χ0) is 27.3. The number of benzene rings is 1. The van der Waals surface area contributed by atoms with Crippen molar-refractivity contribution in [2.24, 2.45) is 13.0 Å². The van der Waals surface area contributed by atoms with Gasteiger partial charge in [0.25, 0.3) is 0 Å². The molecule has 202 valence electrons. The fourth-order valence-corrected chi connectivity index (χ4v) is 5.91. The normalized spacial score (nSPS) is 19.3. The van der Waals surface area contributed by atoms with E-state index in [1.165, 1.54) is 17.0 Å². The topological polar surface area (TPSA) is 64.7 Å². The van der Waals surface area contributed by atoms with Crippen molar-refractivity contribution in [3.05, 3.63) is 93.5 Å². The van der Waals surface area contributed by atoms with Crippen molar-refractivity contribution in [1.29, 1.82) is 0 Å². The van der Waals surface area contributed by atoms with Gasteiger partial charge in [-0.1, -0.05) is 18.6 Å². The smallest absolute Gasteiger partial charge is 0.320 e. The first kappa shape index (κ1) is 25.4. The molecule has 1 saturated heterocycles. The third kappa shape index (κ3) is 4.63. The molecule has 0 amide bonds. The lowest BCUT2D eigenvalue weighted by atomic mass is 9.72. The van der Waals surface area contributed by atoms with E-state index in [1.807, 2.05) is 34.7 Å². The average molecular weight is 536 g/mol. The lowest BCUT2D eigenvalue weighted by Gasteiger charge is -2.33. The summed E-state index contributed by atoms with van der Waals surface area (Å²) in [4.78, 5) is 19.1. The highest BCUT2D eigenvalue weighted by atomic mass is 19.4. The van der Waals surface area contributed by atoms with Crippen molar-refractivity contribution in [3.8, 4) is 5.69 Å². The molecule has 2 aliphatic rings. The van der Waals surface area contributed by atoms with Gasteiger partial charge in [0.2, 0.25) is 6.04 Å². The van der Waals surface area contributed by atoms with Crippen molar-refractivity contribution >= 4 is 5.52 Å². The van der Waals surface area contributed by atoms with Gasteiger partial charge in [-0.3, -0.25) is 13.9 Å². The van der Waals surface area contributed by atoms with Gasteiger partial charge >= 0.3 is 11.9 Å². The first-order valence-corrected chi connectivity index (χ1v) is 13.1. The number of likely N-dealkylation sites (tertiary alicyclic amines) is 1. The number of halogens is 3.